The minimum absolute atomic E-state index is 0. The largest absolute Gasteiger partial charge is 0.477 e. The van der Waals surface area contributed by atoms with Gasteiger partial charge in [0, 0.05) is 18.7 Å². The zero-order chi connectivity index (χ0) is 29.7. The Morgan fingerprint density at radius 1 is 1.21 bits per heavy atom. The number of halogens is 2. The second-order valence-corrected chi connectivity index (χ2v) is 9.04. The van der Waals surface area contributed by atoms with Crippen molar-refractivity contribution in [1.29, 1.82) is 0 Å². The zero-order valence-electron chi connectivity index (χ0n) is 21.9. The minimum Gasteiger partial charge on any atom is -0.477 e. The van der Waals surface area contributed by atoms with Crippen LogP contribution >= 0.6 is 0 Å². The van der Waals surface area contributed by atoms with Crippen molar-refractivity contribution in [1.82, 2.24) is 24.9 Å². The van der Waals surface area contributed by atoms with Gasteiger partial charge in [0.15, 0.2) is 5.69 Å². The Labute approximate surface area is 240 Å². The summed E-state index contributed by atoms with van der Waals surface area (Å²) in [7, 11) is 0. The summed E-state index contributed by atoms with van der Waals surface area (Å²) in [5.74, 6) is -3.32. The number of benzene rings is 2. The molecule has 0 bridgehead atoms. The van der Waals surface area contributed by atoms with E-state index in [0.717, 1.165) is 22.8 Å². The van der Waals surface area contributed by atoms with Crippen molar-refractivity contribution in [2.24, 2.45) is 5.73 Å². The molecule has 4 aromatic rings. The maximum Gasteiger partial charge on any atom is 0.354 e. The molecule has 0 saturated carbocycles. The quantitative estimate of drug-likeness (QED) is 0.217. The molecule has 0 spiro atoms. The number of rotatable bonds is 7. The highest BCUT2D eigenvalue weighted by molar-refractivity contribution is 5.96. The van der Waals surface area contributed by atoms with E-state index >= 15 is 0 Å². The van der Waals surface area contributed by atoms with Gasteiger partial charge in [-0.15, -0.1) is 0 Å². The molecule has 5 rings (SSSR count). The van der Waals surface area contributed by atoms with Crippen molar-refractivity contribution >= 4 is 23.6 Å². The highest BCUT2D eigenvalue weighted by Crippen LogP contribution is 2.35. The first kappa shape index (κ1) is 31.5. The van der Waals surface area contributed by atoms with Gasteiger partial charge in [-0.05, 0) is 60.2 Å². The van der Waals surface area contributed by atoms with E-state index in [2.05, 4.69) is 27.0 Å². The standard InChI is InChI=1S/C21H19N5O5.C7H7F2N.CH4/c1-3-8-31-20(30)13-4-5-14-12(11(13)2)6-7-15(14)24-18(27)17-9-16(19(28)29)25-21-22-10-23-26(17)21;8-6-1-5(4-10)2-7(9)3-6;/h3-5,9-10,15H,1,6-8H2,2H3,(H,24,27)(H,28,29);1-3H,4,10H2;1H4/t15-;;/m0../s1. The van der Waals surface area contributed by atoms with Crippen molar-refractivity contribution in [3.8, 4) is 0 Å². The fraction of sp³-hybridized carbons (Fsp3) is 0.241. The van der Waals surface area contributed by atoms with Crippen LogP contribution in [0.4, 0.5) is 8.78 Å². The van der Waals surface area contributed by atoms with Gasteiger partial charge >= 0.3 is 11.9 Å². The second-order valence-electron chi connectivity index (χ2n) is 9.04. The molecule has 4 N–H and O–H groups in total. The molecule has 0 fully saturated rings. The molecule has 2 aromatic carbocycles. The fourth-order valence-electron chi connectivity index (χ4n) is 4.51. The average molecular weight is 581 g/mol. The summed E-state index contributed by atoms with van der Waals surface area (Å²) in [4.78, 5) is 44.3. The van der Waals surface area contributed by atoms with Crippen LogP contribution in [-0.2, 0) is 17.7 Å². The van der Waals surface area contributed by atoms with Crippen LogP contribution < -0.4 is 11.1 Å². The number of hydrogen-bond acceptors (Lipinski definition) is 8. The second kappa shape index (κ2) is 13.5. The number of carbonyl (C=O) groups is 3. The lowest BCUT2D eigenvalue weighted by molar-refractivity contribution is 0.0548. The summed E-state index contributed by atoms with van der Waals surface area (Å²) in [5.41, 5.74) is 8.56. The topological polar surface area (TPSA) is 162 Å². The van der Waals surface area contributed by atoms with E-state index in [9.17, 15) is 28.3 Å². The number of carbonyl (C=O) groups excluding carboxylic acids is 2. The molecule has 11 nitrogen and oxygen atoms in total. The molecule has 1 aliphatic rings. The molecular formula is C29H30F2N6O5. The average Bonchev–Trinajstić information content (AvgIpc) is 3.58. The summed E-state index contributed by atoms with van der Waals surface area (Å²) >= 11 is 0. The van der Waals surface area contributed by atoms with Gasteiger partial charge in [0.2, 0.25) is 0 Å². The molecule has 0 unspecified atom stereocenters. The Balaban J connectivity index is 0.000000374. The van der Waals surface area contributed by atoms with E-state index in [-0.39, 0.29) is 43.8 Å². The van der Waals surface area contributed by atoms with E-state index in [0.29, 0.717) is 24.0 Å². The van der Waals surface area contributed by atoms with Gasteiger partial charge in [0.25, 0.3) is 11.7 Å². The van der Waals surface area contributed by atoms with Crippen LogP contribution in [0.15, 0.2) is 55.4 Å². The number of nitrogens with two attached hydrogens (primary N) is 1. The minimum atomic E-state index is -1.27. The summed E-state index contributed by atoms with van der Waals surface area (Å²) in [6.45, 7) is 5.69. The highest BCUT2D eigenvalue weighted by atomic mass is 19.1. The number of esters is 1. The smallest absolute Gasteiger partial charge is 0.354 e. The van der Waals surface area contributed by atoms with E-state index < -0.39 is 29.5 Å². The first-order valence-electron chi connectivity index (χ1n) is 12.4. The summed E-state index contributed by atoms with van der Waals surface area (Å²) < 4.78 is 31.0. The van der Waals surface area contributed by atoms with Gasteiger partial charge in [-0.1, -0.05) is 26.1 Å². The number of fused-ring (bicyclic) bond motifs is 2. The molecule has 220 valence electrons. The van der Waals surface area contributed by atoms with Crippen LogP contribution in [0.2, 0.25) is 0 Å². The fourth-order valence-corrected chi connectivity index (χ4v) is 4.51. The molecule has 1 aliphatic carbocycles. The first-order chi connectivity index (χ1) is 19.6. The number of aromatic nitrogens is 4. The van der Waals surface area contributed by atoms with Crippen molar-refractivity contribution in [2.75, 3.05) is 6.61 Å². The van der Waals surface area contributed by atoms with Gasteiger partial charge in [-0.25, -0.2) is 23.4 Å². The maximum absolute atomic E-state index is 13.0. The lowest BCUT2D eigenvalue weighted by atomic mass is 9.98. The number of nitrogens with one attached hydrogen (secondary N) is 1. The van der Waals surface area contributed by atoms with Crippen LogP contribution in [0, 0.1) is 18.6 Å². The molecule has 2 aromatic heterocycles. The van der Waals surface area contributed by atoms with Crippen LogP contribution in [0.1, 0.15) is 73.5 Å². The van der Waals surface area contributed by atoms with Gasteiger partial charge in [0.1, 0.15) is 30.3 Å². The van der Waals surface area contributed by atoms with Gasteiger partial charge in [0.05, 0.1) is 11.6 Å². The zero-order valence-corrected chi connectivity index (χ0v) is 21.9. The Hall–Kier alpha value is -5.04. The van der Waals surface area contributed by atoms with Crippen LogP contribution in [0.3, 0.4) is 0 Å². The molecule has 0 radical (unpaired) electrons. The Morgan fingerprint density at radius 2 is 1.93 bits per heavy atom. The maximum atomic E-state index is 13.0. The highest BCUT2D eigenvalue weighted by Gasteiger charge is 2.29. The summed E-state index contributed by atoms with van der Waals surface area (Å²) in [5, 5.41) is 16.2. The van der Waals surface area contributed by atoms with E-state index in [1.54, 1.807) is 6.07 Å². The van der Waals surface area contributed by atoms with Gasteiger partial charge in [-0.2, -0.15) is 14.6 Å². The number of hydrogen-bond donors (Lipinski definition) is 3. The molecule has 0 aliphatic heterocycles. The van der Waals surface area contributed by atoms with Crippen molar-refractivity contribution in [3.05, 3.63) is 106 Å². The lowest BCUT2D eigenvalue weighted by Gasteiger charge is -2.16. The number of aromatic carboxylic acids is 1. The van der Waals surface area contributed by atoms with E-state index in [1.807, 2.05) is 13.0 Å². The molecular weight excluding hydrogens is 550 g/mol. The normalized spacial score (nSPS) is 13.3. The number of nitrogens with zero attached hydrogens (tertiary/aromatic N) is 4. The molecule has 42 heavy (non-hydrogen) atoms. The number of ether oxygens (including phenoxy) is 1. The predicted molar refractivity (Wildman–Crippen MR) is 149 cm³/mol. The summed E-state index contributed by atoms with van der Waals surface area (Å²) in [6.07, 6.45) is 4.04. The number of amides is 1. The molecule has 1 atom stereocenters. The van der Waals surface area contributed by atoms with Crippen molar-refractivity contribution < 1.29 is 33.0 Å². The molecule has 0 saturated heterocycles. The molecule has 1 amide bonds. The number of carboxylic acids is 1. The third-order valence-corrected chi connectivity index (χ3v) is 6.41. The van der Waals surface area contributed by atoms with Crippen molar-refractivity contribution in [3.63, 3.8) is 0 Å². The molecule has 13 heteroatoms. The SMILES string of the molecule is C.C=CCOC(=O)c1ccc2c(c1C)CC[C@@H]2NC(=O)c1cc(C(=O)O)nc2ncnn12.NCc1cc(F)cc(F)c1. The van der Waals surface area contributed by atoms with Crippen molar-refractivity contribution in [2.45, 2.75) is 39.8 Å². The number of carboxylic acid groups (broad SMARTS) is 1. The Bertz CT molecular complexity index is 1640. The Morgan fingerprint density at radius 3 is 2.57 bits per heavy atom. The van der Waals surface area contributed by atoms with E-state index in [4.69, 9.17) is 10.5 Å². The Kier molecular flexibility index (Phi) is 10.2. The monoisotopic (exact) mass is 580 g/mol. The van der Waals surface area contributed by atoms with E-state index in [1.165, 1.54) is 35.1 Å². The van der Waals surface area contributed by atoms with Crippen LogP contribution in [-0.4, -0.2) is 49.1 Å². The molecule has 2 heterocycles. The summed E-state index contributed by atoms with van der Waals surface area (Å²) in [6, 6.07) is 7.61. The lowest BCUT2D eigenvalue weighted by Crippen LogP contribution is -2.29. The van der Waals surface area contributed by atoms with Gasteiger partial charge < -0.3 is 20.9 Å². The third-order valence-electron chi connectivity index (χ3n) is 6.41. The first-order valence-corrected chi connectivity index (χ1v) is 12.4. The predicted octanol–water partition coefficient (Wildman–Crippen LogP) is 3.95. The van der Waals surface area contributed by atoms with Crippen LogP contribution in [0.5, 0.6) is 0 Å². The van der Waals surface area contributed by atoms with Crippen LogP contribution in [0.25, 0.3) is 5.78 Å². The third kappa shape index (κ3) is 6.81. The van der Waals surface area contributed by atoms with Gasteiger partial charge in [-0.3, -0.25) is 4.79 Å².